The summed E-state index contributed by atoms with van der Waals surface area (Å²) in [4.78, 5) is 35.3. The van der Waals surface area contributed by atoms with E-state index < -0.39 is 23.9 Å². The van der Waals surface area contributed by atoms with Gasteiger partial charge in [-0.3, -0.25) is 14.4 Å². The summed E-state index contributed by atoms with van der Waals surface area (Å²) in [7, 11) is 0. The first-order valence-corrected chi connectivity index (χ1v) is 7.80. The minimum absolute atomic E-state index is 0.149. The summed E-state index contributed by atoms with van der Waals surface area (Å²) in [6.45, 7) is 5.17. The molecule has 0 unspecified atom stereocenters. The molecule has 0 aliphatic heterocycles. The first-order chi connectivity index (χ1) is 11.2. The first-order valence-electron chi connectivity index (χ1n) is 7.80. The van der Waals surface area contributed by atoms with E-state index in [-0.39, 0.29) is 24.1 Å². The van der Waals surface area contributed by atoms with Gasteiger partial charge < -0.3 is 16.4 Å². The van der Waals surface area contributed by atoms with Crippen molar-refractivity contribution in [2.75, 3.05) is 0 Å². The molecule has 3 amide bonds. The normalized spacial score (nSPS) is 13.2. The molecule has 0 bridgehead atoms. The summed E-state index contributed by atoms with van der Waals surface area (Å²) >= 11 is 0. The topological polar surface area (TPSA) is 101 Å². The van der Waals surface area contributed by atoms with Crippen molar-refractivity contribution < 1.29 is 18.8 Å². The Hall–Kier alpha value is -2.44. The Kier molecular flexibility index (Phi) is 7.35. The summed E-state index contributed by atoms with van der Waals surface area (Å²) in [6.07, 6.45) is 0.587. The van der Waals surface area contributed by atoms with Gasteiger partial charge in [0.2, 0.25) is 17.7 Å². The van der Waals surface area contributed by atoms with Gasteiger partial charge in [-0.1, -0.05) is 26.0 Å². The molecule has 0 spiro atoms. The van der Waals surface area contributed by atoms with Gasteiger partial charge in [0, 0.05) is 13.3 Å². The Morgan fingerprint density at radius 3 is 2.12 bits per heavy atom. The number of halogens is 1. The van der Waals surface area contributed by atoms with Crippen molar-refractivity contribution in [3.8, 4) is 0 Å². The average Bonchev–Trinajstić information content (AvgIpc) is 2.46. The van der Waals surface area contributed by atoms with Crippen LogP contribution in [-0.2, 0) is 20.8 Å². The van der Waals surface area contributed by atoms with E-state index in [2.05, 4.69) is 10.6 Å². The van der Waals surface area contributed by atoms with Crippen LogP contribution in [0.25, 0.3) is 0 Å². The molecule has 6 nitrogen and oxygen atoms in total. The van der Waals surface area contributed by atoms with Crippen LogP contribution in [-0.4, -0.2) is 29.8 Å². The Morgan fingerprint density at radius 1 is 1.08 bits per heavy atom. The molecule has 1 rings (SSSR count). The lowest BCUT2D eigenvalue weighted by molar-refractivity contribution is -0.131. The number of hydrogen-bond acceptors (Lipinski definition) is 3. The van der Waals surface area contributed by atoms with Gasteiger partial charge in [-0.25, -0.2) is 4.39 Å². The highest BCUT2D eigenvalue weighted by atomic mass is 19.1. The van der Waals surface area contributed by atoms with Crippen molar-refractivity contribution in [1.29, 1.82) is 0 Å². The highest BCUT2D eigenvalue weighted by molar-refractivity contribution is 5.91. The van der Waals surface area contributed by atoms with Crippen LogP contribution in [0.2, 0.25) is 0 Å². The van der Waals surface area contributed by atoms with Crippen LogP contribution in [0.4, 0.5) is 4.39 Å². The lowest BCUT2D eigenvalue weighted by atomic mass is 10.0. The maximum Gasteiger partial charge on any atom is 0.243 e. The Balaban J connectivity index is 2.80. The van der Waals surface area contributed by atoms with E-state index in [1.807, 2.05) is 13.8 Å². The molecule has 0 aliphatic carbocycles. The lowest BCUT2D eigenvalue weighted by Gasteiger charge is -2.22. The van der Waals surface area contributed by atoms with Crippen LogP contribution in [0, 0.1) is 11.7 Å². The highest BCUT2D eigenvalue weighted by Gasteiger charge is 2.25. The van der Waals surface area contributed by atoms with Gasteiger partial charge in [-0.15, -0.1) is 0 Å². The van der Waals surface area contributed by atoms with E-state index in [9.17, 15) is 18.8 Å². The molecule has 0 aromatic heterocycles. The Bertz CT molecular complexity index is 587. The van der Waals surface area contributed by atoms with Crippen molar-refractivity contribution in [2.45, 2.75) is 45.7 Å². The molecule has 0 heterocycles. The third-order valence-corrected chi connectivity index (χ3v) is 3.41. The molecule has 0 fully saturated rings. The second-order valence-electron chi connectivity index (χ2n) is 6.18. The Morgan fingerprint density at radius 2 is 1.67 bits per heavy atom. The van der Waals surface area contributed by atoms with Gasteiger partial charge in [-0.05, 0) is 30.0 Å². The molecule has 4 N–H and O–H groups in total. The first kappa shape index (κ1) is 19.6. The maximum absolute atomic E-state index is 12.9. The van der Waals surface area contributed by atoms with Crippen molar-refractivity contribution in [2.24, 2.45) is 11.7 Å². The number of primary amides is 1. The quantitative estimate of drug-likeness (QED) is 0.656. The van der Waals surface area contributed by atoms with Crippen molar-refractivity contribution in [3.05, 3.63) is 35.6 Å². The Labute approximate surface area is 141 Å². The number of carbonyl (C=O) groups excluding carboxylic acids is 3. The predicted octanol–water partition coefficient (Wildman–Crippen LogP) is 0.889. The smallest absolute Gasteiger partial charge is 0.243 e. The fraction of sp³-hybridized carbons (Fsp3) is 0.471. The van der Waals surface area contributed by atoms with Gasteiger partial charge in [0.25, 0.3) is 0 Å². The monoisotopic (exact) mass is 337 g/mol. The summed E-state index contributed by atoms with van der Waals surface area (Å²) in [5.41, 5.74) is 6.02. The predicted molar refractivity (Wildman–Crippen MR) is 88.3 cm³/mol. The fourth-order valence-corrected chi connectivity index (χ4v) is 2.30. The average molecular weight is 337 g/mol. The van der Waals surface area contributed by atoms with Crippen molar-refractivity contribution in [1.82, 2.24) is 10.6 Å². The van der Waals surface area contributed by atoms with Gasteiger partial charge in [0.15, 0.2) is 0 Å². The number of nitrogens with two attached hydrogens (primary N) is 1. The van der Waals surface area contributed by atoms with Crippen LogP contribution < -0.4 is 16.4 Å². The van der Waals surface area contributed by atoms with E-state index >= 15 is 0 Å². The second kappa shape index (κ2) is 9.00. The highest BCUT2D eigenvalue weighted by Crippen LogP contribution is 2.08. The van der Waals surface area contributed by atoms with Crippen LogP contribution in [0.5, 0.6) is 0 Å². The number of amides is 3. The fourth-order valence-electron chi connectivity index (χ4n) is 2.30. The van der Waals surface area contributed by atoms with Gasteiger partial charge >= 0.3 is 0 Å². The molecular weight excluding hydrogens is 313 g/mol. The van der Waals surface area contributed by atoms with Crippen LogP contribution in [0.15, 0.2) is 24.3 Å². The summed E-state index contributed by atoms with van der Waals surface area (Å²) in [6, 6.07) is 3.92. The number of hydrogen-bond donors (Lipinski definition) is 3. The van der Waals surface area contributed by atoms with Crippen LogP contribution in [0.3, 0.4) is 0 Å². The van der Waals surface area contributed by atoms with Crippen molar-refractivity contribution >= 4 is 17.7 Å². The summed E-state index contributed by atoms with van der Waals surface area (Å²) in [5, 5.41) is 5.14. The van der Waals surface area contributed by atoms with E-state index in [0.29, 0.717) is 12.0 Å². The van der Waals surface area contributed by atoms with E-state index in [1.165, 1.54) is 31.2 Å². The SMILES string of the molecule is CC(=O)N[C@@H](CC(C)C)C(=O)N[C@H](Cc1ccc(F)cc1)C(N)=O. The number of nitrogens with one attached hydrogen (secondary N) is 2. The molecule has 0 aliphatic rings. The molecule has 0 saturated heterocycles. The second-order valence-corrected chi connectivity index (χ2v) is 6.18. The lowest BCUT2D eigenvalue weighted by Crippen LogP contribution is -2.53. The molecular formula is C17H24FN3O3. The molecule has 1 aromatic carbocycles. The van der Waals surface area contributed by atoms with Gasteiger partial charge in [0.1, 0.15) is 17.9 Å². The van der Waals surface area contributed by atoms with E-state index in [4.69, 9.17) is 5.73 Å². The zero-order chi connectivity index (χ0) is 18.3. The largest absolute Gasteiger partial charge is 0.368 e. The van der Waals surface area contributed by atoms with Crippen molar-refractivity contribution in [3.63, 3.8) is 0 Å². The standard InChI is InChI=1S/C17H24FN3O3/c1-10(2)8-15(20-11(3)22)17(24)21-14(16(19)23)9-12-4-6-13(18)7-5-12/h4-7,10,14-15H,8-9H2,1-3H3,(H2,19,23)(H,20,22)(H,21,24)/t14-,15+/m1/s1. The molecule has 0 radical (unpaired) electrons. The summed E-state index contributed by atoms with van der Waals surface area (Å²) in [5.74, 6) is -1.70. The zero-order valence-electron chi connectivity index (χ0n) is 14.1. The maximum atomic E-state index is 12.9. The van der Waals surface area contributed by atoms with E-state index in [1.54, 1.807) is 0 Å². The zero-order valence-corrected chi connectivity index (χ0v) is 14.1. The summed E-state index contributed by atoms with van der Waals surface area (Å²) < 4.78 is 12.9. The van der Waals surface area contributed by atoms with Gasteiger partial charge in [0.05, 0.1) is 0 Å². The minimum Gasteiger partial charge on any atom is -0.368 e. The molecule has 0 saturated carbocycles. The third kappa shape index (κ3) is 6.76. The van der Waals surface area contributed by atoms with Crippen LogP contribution >= 0.6 is 0 Å². The number of rotatable bonds is 8. The van der Waals surface area contributed by atoms with Crippen LogP contribution in [0.1, 0.15) is 32.8 Å². The molecule has 1 aromatic rings. The van der Waals surface area contributed by atoms with E-state index in [0.717, 1.165) is 0 Å². The van der Waals surface area contributed by atoms with Gasteiger partial charge in [-0.2, -0.15) is 0 Å². The number of benzene rings is 1. The molecule has 24 heavy (non-hydrogen) atoms. The molecule has 132 valence electrons. The minimum atomic E-state index is -0.939. The third-order valence-electron chi connectivity index (χ3n) is 3.41. The molecule has 7 heteroatoms. The number of carbonyl (C=O) groups is 3. The molecule has 2 atom stereocenters.